The Morgan fingerprint density at radius 1 is 1.26 bits per heavy atom. The van der Waals surface area contributed by atoms with Gasteiger partial charge in [0.1, 0.15) is 17.7 Å². The molecule has 2 aromatic carbocycles. The van der Waals surface area contributed by atoms with E-state index in [4.69, 9.17) is 4.74 Å². The maximum absolute atomic E-state index is 13.2. The van der Waals surface area contributed by atoms with E-state index in [0.717, 1.165) is 17.0 Å². The van der Waals surface area contributed by atoms with Crippen molar-refractivity contribution < 1.29 is 9.13 Å². The first-order chi connectivity index (χ1) is 9.13. The smallest absolute Gasteiger partial charge is 0.143 e. The van der Waals surface area contributed by atoms with Crippen LogP contribution in [-0.2, 0) is 0 Å². The Morgan fingerprint density at radius 2 is 2.11 bits per heavy atom. The lowest BCUT2D eigenvalue weighted by atomic mass is 10.1. The standard InChI is InChI=1S/C15H13BrFNO/c1-9-2-5-14-13(6-9)18-8-15(19-14)10-3-4-12(17)11(16)7-10/h2-7,15,18H,8H2,1H3. The average molecular weight is 322 g/mol. The van der Waals surface area contributed by atoms with E-state index in [1.807, 2.05) is 19.1 Å². The highest BCUT2D eigenvalue weighted by Gasteiger charge is 2.21. The van der Waals surface area contributed by atoms with E-state index in [1.165, 1.54) is 11.6 Å². The number of ether oxygens (including phenoxy) is 1. The van der Waals surface area contributed by atoms with Crippen molar-refractivity contribution >= 4 is 21.6 Å². The minimum absolute atomic E-state index is 0.105. The number of fused-ring (bicyclic) bond motifs is 1. The molecule has 0 aromatic heterocycles. The average Bonchev–Trinajstić information content (AvgIpc) is 2.41. The molecule has 1 N–H and O–H groups in total. The minimum Gasteiger partial charge on any atom is -0.482 e. The highest BCUT2D eigenvalue weighted by atomic mass is 79.9. The number of halogens is 2. The maximum Gasteiger partial charge on any atom is 0.143 e. The van der Waals surface area contributed by atoms with Crippen LogP contribution in [0.15, 0.2) is 40.9 Å². The van der Waals surface area contributed by atoms with Gasteiger partial charge in [-0.25, -0.2) is 4.39 Å². The lowest BCUT2D eigenvalue weighted by molar-refractivity contribution is 0.210. The molecule has 19 heavy (non-hydrogen) atoms. The van der Waals surface area contributed by atoms with Crippen LogP contribution in [0.25, 0.3) is 0 Å². The first-order valence-corrected chi connectivity index (χ1v) is 6.89. The molecule has 0 amide bonds. The van der Waals surface area contributed by atoms with Gasteiger partial charge in [-0.05, 0) is 58.2 Å². The molecule has 1 heterocycles. The molecule has 0 bridgehead atoms. The van der Waals surface area contributed by atoms with Gasteiger partial charge in [-0.2, -0.15) is 0 Å². The van der Waals surface area contributed by atoms with Gasteiger partial charge in [-0.1, -0.05) is 12.1 Å². The minimum atomic E-state index is -0.261. The van der Waals surface area contributed by atoms with Gasteiger partial charge in [0.15, 0.2) is 0 Å². The van der Waals surface area contributed by atoms with Crippen LogP contribution in [0.2, 0.25) is 0 Å². The van der Waals surface area contributed by atoms with Crippen molar-refractivity contribution in [2.45, 2.75) is 13.0 Å². The number of hydrogen-bond donors (Lipinski definition) is 1. The van der Waals surface area contributed by atoms with Gasteiger partial charge in [0.25, 0.3) is 0 Å². The zero-order chi connectivity index (χ0) is 13.4. The summed E-state index contributed by atoms with van der Waals surface area (Å²) in [5.74, 6) is 0.575. The summed E-state index contributed by atoms with van der Waals surface area (Å²) >= 11 is 3.20. The van der Waals surface area contributed by atoms with E-state index in [2.05, 4.69) is 27.3 Å². The molecule has 0 radical (unpaired) electrons. The van der Waals surface area contributed by atoms with E-state index in [-0.39, 0.29) is 11.9 Å². The molecule has 0 saturated carbocycles. The van der Waals surface area contributed by atoms with Crippen molar-refractivity contribution in [2.24, 2.45) is 0 Å². The van der Waals surface area contributed by atoms with Crippen LogP contribution in [0.1, 0.15) is 17.2 Å². The lowest BCUT2D eigenvalue weighted by Gasteiger charge is -2.28. The zero-order valence-electron chi connectivity index (χ0n) is 10.4. The molecule has 3 rings (SSSR count). The molecule has 0 aliphatic carbocycles. The summed E-state index contributed by atoms with van der Waals surface area (Å²) in [6, 6.07) is 11.0. The summed E-state index contributed by atoms with van der Waals surface area (Å²) in [7, 11) is 0. The maximum atomic E-state index is 13.2. The highest BCUT2D eigenvalue weighted by Crippen LogP contribution is 2.35. The second-order valence-electron chi connectivity index (χ2n) is 4.66. The van der Waals surface area contributed by atoms with Gasteiger partial charge >= 0.3 is 0 Å². The third-order valence-electron chi connectivity index (χ3n) is 3.20. The summed E-state index contributed by atoms with van der Waals surface area (Å²) < 4.78 is 19.7. The summed E-state index contributed by atoms with van der Waals surface area (Å²) in [6.45, 7) is 2.72. The van der Waals surface area contributed by atoms with Crippen LogP contribution in [0.4, 0.5) is 10.1 Å². The third kappa shape index (κ3) is 2.45. The van der Waals surface area contributed by atoms with E-state index in [9.17, 15) is 4.39 Å². The van der Waals surface area contributed by atoms with Crippen LogP contribution in [0.5, 0.6) is 5.75 Å². The van der Waals surface area contributed by atoms with Crippen molar-refractivity contribution in [3.05, 3.63) is 57.8 Å². The van der Waals surface area contributed by atoms with Crippen LogP contribution in [0.3, 0.4) is 0 Å². The van der Waals surface area contributed by atoms with Gasteiger partial charge in [0.05, 0.1) is 16.7 Å². The summed E-state index contributed by atoms with van der Waals surface area (Å²) in [6.07, 6.45) is -0.105. The molecule has 1 atom stereocenters. The fourth-order valence-corrected chi connectivity index (χ4v) is 2.58. The van der Waals surface area contributed by atoms with E-state index in [0.29, 0.717) is 11.0 Å². The normalized spacial score (nSPS) is 17.3. The molecule has 0 spiro atoms. The van der Waals surface area contributed by atoms with Crippen molar-refractivity contribution in [1.29, 1.82) is 0 Å². The number of anilines is 1. The predicted molar refractivity (Wildman–Crippen MR) is 77.1 cm³/mol. The molecule has 98 valence electrons. The quantitative estimate of drug-likeness (QED) is 0.838. The Labute approximate surface area is 119 Å². The molecular weight excluding hydrogens is 309 g/mol. The number of aryl methyl sites for hydroxylation is 1. The Balaban J connectivity index is 1.89. The molecule has 1 aliphatic rings. The van der Waals surface area contributed by atoms with Gasteiger partial charge in [-0.3, -0.25) is 0 Å². The summed E-state index contributed by atoms with van der Waals surface area (Å²) in [5, 5.41) is 3.35. The fourth-order valence-electron chi connectivity index (χ4n) is 2.18. The molecule has 2 aromatic rings. The topological polar surface area (TPSA) is 21.3 Å². The SMILES string of the molecule is Cc1ccc2c(c1)NCC(c1ccc(F)c(Br)c1)O2. The second kappa shape index (κ2) is 4.85. The molecule has 0 fully saturated rings. The van der Waals surface area contributed by atoms with E-state index in [1.54, 1.807) is 12.1 Å². The van der Waals surface area contributed by atoms with Crippen LogP contribution < -0.4 is 10.1 Å². The van der Waals surface area contributed by atoms with E-state index < -0.39 is 0 Å². The fraction of sp³-hybridized carbons (Fsp3) is 0.200. The molecule has 0 saturated heterocycles. The summed E-state index contributed by atoms with van der Waals surface area (Å²) in [4.78, 5) is 0. The van der Waals surface area contributed by atoms with Crippen LogP contribution in [0, 0.1) is 12.7 Å². The number of nitrogens with one attached hydrogen (secondary N) is 1. The van der Waals surface area contributed by atoms with Crippen molar-refractivity contribution in [3.8, 4) is 5.75 Å². The Hall–Kier alpha value is -1.55. The summed E-state index contributed by atoms with van der Waals surface area (Å²) in [5.41, 5.74) is 3.15. The van der Waals surface area contributed by atoms with Crippen LogP contribution >= 0.6 is 15.9 Å². The predicted octanol–water partition coefficient (Wildman–Crippen LogP) is 4.44. The van der Waals surface area contributed by atoms with Crippen molar-refractivity contribution in [2.75, 3.05) is 11.9 Å². The van der Waals surface area contributed by atoms with Crippen molar-refractivity contribution in [1.82, 2.24) is 0 Å². The Bertz CT molecular complexity index is 630. The van der Waals surface area contributed by atoms with Crippen molar-refractivity contribution in [3.63, 3.8) is 0 Å². The van der Waals surface area contributed by atoms with Gasteiger partial charge in [0, 0.05) is 0 Å². The Morgan fingerprint density at radius 3 is 2.89 bits per heavy atom. The van der Waals surface area contributed by atoms with Gasteiger partial charge in [0.2, 0.25) is 0 Å². The number of benzene rings is 2. The van der Waals surface area contributed by atoms with Crippen LogP contribution in [-0.4, -0.2) is 6.54 Å². The molecule has 1 unspecified atom stereocenters. The first kappa shape index (κ1) is 12.5. The molecule has 2 nitrogen and oxygen atoms in total. The lowest BCUT2D eigenvalue weighted by Crippen LogP contribution is -2.23. The number of rotatable bonds is 1. The number of hydrogen-bond acceptors (Lipinski definition) is 2. The van der Waals surface area contributed by atoms with E-state index >= 15 is 0 Å². The monoisotopic (exact) mass is 321 g/mol. The molecular formula is C15H13BrFNO. The first-order valence-electron chi connectivity index (χ1n) is 6.09. The Kier molecular flexibility index (Phi) is 3.19. The largest absolute Gasteiger partial charge is 0.482 e. The third-order valence-corrected chi connectivity index (χ3v) is 3.81. The second-order valence-corrected chi connectivity index (χ2v) is 5.51. The molecule has 4 heteroatoms. The van der Waals surface area contributed by atoms with Gasteiger partial charge in [-0.15, -0.1) is 0 Å². The van der Waals surface area contributed by atoms with Gasteiger partial charge < -0.3 is 10.1 Å². The zero-order valence-corrected chi connectivity index (χ0v) is 12.0. The highest BCUT2D eigenvalue weighted by molar-refractivity contribution is 9.10. The molecule has 1 aliphatic heterocycles.